The summed E-state index contributed by atoms with van der Waals surface area (Å²) < 4.78 is 0.957. The molecule has 1 heterocycles. The smallest absolute Gasteiger partial charge is 0.267 e. The molecule has 1 saturated carbocycles. The molecule has 1 fully saturated rings. The van der Waals surface area contributed by atoms with Crippen molar-refractivity contribution in [2.75, 3.05) is 0 Å². The van der Waals surface area contributed by atoms with Gasteiger partial charge in [0, 0.05) is 16.0 Å². The zero-order valence-corrected chi connectivity index (χ0v) is 18.7. The topological polar surface area (TPSA) is 32.7 Å². The van der Waals surface area contributed by atoms with Crippen LogP contribution in [0.5, 0.6) is 0 Å². The van der Waals surface area contributed by atoms with Crippen LogP contribution in [-0.4, -0.2) is 16.6 Å². The fraction of sp³-hybridized carbons (Fsp3) is 0.185. The van der Waals surface area contributed by atoms with E-state index in [1.165, 1.54) is 11.1 Å². The lowest BCUT2D eigenvalue weighted by atomic mass is 9.77. The number of hydrogen-bond donors (Lipinski definition) is 0. The van der Waals surface area contributed by atoms with Gasteiger partial charge in [0.1, 0.15) is 0 Å². The van der Waals surface area contributed by atoms with E-state index in [1.807, 2.05) is 48.5 Å². The molecule has 2 atom stereocenters. The van der Waals surface area contributed by atoms with E-state index in [1.54, 1.807) is 5.01 Å². The molecule has 0 aromatic heterocycles. The number of carbonyl (C=O) groups excluding carboxylic acids is 1. The van der Waals surface area contributed by atoms with Crippen LogP contribution in [0.2, 0.25) is 0 Å². The summed E-state index contributed by atoms with van der Waals surface area (Å²) in [6, 6.07) is 28.1. The molecule has 31 heavy (non-hydrogen) atoms. The summed E-state index contributed by atoms with van der Waals surface area (Å²) in [4.78, 5) is 13.5. The van der Waals surface area contributed by atoms with Crippen molar-refractivity contribution in [2.45, 2.75) is 25.3 Å². The molecule has 1 aliphatic heterocycles. The quantitative estimate of drug-likeness (QED) is 0.410. The highest BCUT2D eigenvalue weighted by atomic mass is 79.9. The molecule has 0 N–H and O–H groups in total. The highest BCUT2D eigenvalue weighted by Gasteiger charge is 2.43. The van der Waals surface area contributed by atoms with Gasteiger partial charge in [0.25, 0.3) is 5.91 Å². The summed E-state index contributed by atoms with van der Waals surface area (Å²) in [5, 5.41) is 6.69. The fourth-order valence-electron chi connectivity index (χ4n) is 4.63. The minimum Gasteiger partial charge on any atom is -0.267 e. The molecule has 154 valence electrons. The molecule has 0 saturated heterocycles. The molecule has 4 heteroatoms. The SMILES string of the molecule is O=C(c1ccc(Br)cc1)N1N=C2/C(=C/c3ccccc3)CCC[C@@H]2[C@@H]1c1ccccc1. The van der Waals surface area contributed by atoms with Crippen LogP contribution >= 0.6 is 15.9 Å². The second kappa shape index (κ2) is 8.64. The van der Waals surface area contributed by atoms with Crippen LogP contribution < -0.4 is 0 Å². The van der Waals surface area contributed by atoms with Gasteiger partial charge in [-0.2, -0.15) is 5.10 Å². The lowest BCUT2D eigenvalue weighted by Gasteiger charge is -2.29. The minimum atomic E-state index is -0.0770. The van der Waals surface area contributed by atoms with Gasteiger partial charge >= 0.3 is 0 Å². The Morgan fingerprint density at radius 2 is 1.61 bits per heavy atom. The van der Waals surface area contributed by atoms with Gasteiger partial charge in [-0.3, -0.25) is 4.79 Å². The summed E-state index contributed by atoms with van der Waals surface area (Å²) in [6.45, 7) is 0. The maximum Gasteiger partial charge on any atom is 0.274 e. The van der Waals surface area contributed by atoms with E-state index in [9.17, 15) is 4.79 Å². The molecular weight excluding hydrogens is 448 g/mol. The van der Waals surface area contributed by atoms with Gasteiger partial charge in [-0.1, -0.05) is 76.6 Å². The third kappa shape index (κ3) is 4.00. The number of rotatable bonds is 3. The van der Waals surface area contributed by atoms with Crippen molar-refractivity contribution < 1.29 is 4.79 Å². The molecule has 1 amide bonds. The Labute approximate surface area is 191 Å². The van der Waals surface area contributed by atoms with E-state index in [-0.39, 0.29) is 17.9 Å². The Bertz CT molecular complexity index is 1140. The van der Waals surface area contributed by atoms with Crippen molar-refractivity contribution in [2.24, 2.45) is 11.0 Å². The first-order valence-electron chi connectivity index (χ1n) is 10.7. The van der Waals surface area contributed by atoms with Gasteiger partial charge in [-0.15, -0.1) is 0 Å². The van der Waals surface area contributed by atoms with Crippen LogP contribution in [0, 0.1) is 5.92 Å². The maximum absolute atomic E-state index is 13.5. The van der Waals surface area contributed by atoms with E-state index in [4.69, 9.17) is 5.10 Å². The fourth-order valence-corrected chi connectivity index (χ4v) is 4.89. The number of amides is 1. The predicted molar refractivity (Wildman–Crippen MR) is 129 cm³/mol. The minimum absolute atomic E-state index is 0.0534. The van der Waals surface area contributed by atoms with Gasteiger partial charge < -0.3 is 0 Å². The molecule has 3 aromatic rings. The third-order valence-electron chi connectivity index (χ3n) is 6.08. The molecule has 1 aliphatic carbocycles. The van der Waals surface area contributed by atoms with Crippen molar-refractivity contribution in [3.8, 4) is 0 Å². The molecule has 5 rings (SSSR count). The first-order chi connectivity index (χ1) is 15.2. The molecular formula is C27H23BrN2O. The van der Waals surface area contributed by atoms with E-state index >= 15 is 0 Å². The van der Waals surface area contributed by atoms with Crippen molar-refractivity contribution in [3.05, 3.63) is 112 Å². The van der Waals surface area contributed by atoms with Crippen molar-refractivity contribution in [1.29, 1.82) is 0 Å². The lowest BCUT2D eigenvalue weighted by molar-refractivity contribution is 0.0681. The van der Waals surface area contributed by atoms with E-state index in [0.717, 1.165) is 35.0 Å². The number of carbonyl (C=O) groups is 1. The molecule has 0 radical (unpaired) electrons. The highest BCUT2D eigenvalue weighted by Crippen LogP contribution is 2.44. The van der Waals surface area contributed by atoms with Crippen LogP contribution in [0.25, 0.3) is 6.08 Å². The van der Waals surface area contributed by atoms with Crippen molar-refractivity contribution in [3.63, 3.8) is 0 Å². The van der Waals surface area contributed by atoms with Crippen molar-refractivity contribution >= 4 is 33.6 Å². The van der Waals surface area contributed by atoms with Gasteiger partial charge in [-0.05, 0) is 66.3 Å². The first kappa shape index (κ1) is 20.0. The standard InChI is InChI=1S/C27H23BrN2O/c28-23-16-14-21(15-17-23)27(31)30-26(20-10-5-2-6-11-20)24-13-7-12-22(25(24)29-30)18-19-8-3-1-4-9-19/h1-6,8-11,14-18,24,26H,7,12-13H2/b22-18+/t24-,26-/m0/s1. The Morgan fingerprint density at radius 1 is 0.935 bits per heavy atom. The van der Waals surface area contributed by atoms with Crippen LogP contribution in [0.3, 0.4) is 0 Å². The number of benzene rings is 3. The summed E-state index contributed by atoms with van der Waals surface area (Å²) in [7, 11) is 0. The largest absolute Gasteiger partial charge is 0.274 e. The number of hydrazone groups is 1. The van der Waals surface area contributed by atoms with E-state index < -0.39 is 0 Å². The molecule has 2 aliphatic rings. The summed E-state index contributed by atoms with van der Waals surface area (Å²) >= 11 is 3.46. The monoisotopic (exact) mass is 470 g/mol. The molecule has 3 nitrogen and oxygen atoms in total. The van der Waals surface area contributed by atoms with E-state index in [0.29, 0.717) is 5.56 Å². The van der Waals surface area contributed by atoms with Gasteiger partial charge in [0.2, 0.25) is 0 Å². The first-order valence-corrected chi connectivity index (χ1v) is 11.5. The van der Waals surface area contributed by atoms with Crippen LogP contribution in [-0.2, 0) is 0 Å². The zero-order chi connectivity index (χ0) is 21.2. The number of fused-ring (bicyclic) bond motifs is 1. The second-order valence-electron chi connectivity index (χ2n) is 8.08. The van der Waals surface area contributed by atoms with E-state index in [2.05, 4.69) is 58.4 Å². The van der Waals surface area contributed by atoms with Crippen LogP contribution in [0.1, 0.15) is 46.8 Å². The molecule has 0 unspecified atom stereocenters. The average molecular weight is 471 g/mol. The van der Waals surface area contributed by atoms with Gasteiger partial charge in [0.15, 0.2) is 0 Å². The maximum atomic E-state index is 13.5. The normalized spacial score (nSPS) is 21.6. The lowest BCUT2D eigenvalue weighted by Crippen LogP contribution is -2.31. The molecule has 0 bridgehead atoms. The Morgan fingerprint density at radius 3 is 2.32 bits per heavy atom. The van der Waals surface area contributed by atoms with Crippen LogP contribution in [0.15, 0.2) is 100 Å². The number of nitrogens with zero attached hydrogens (tertiary/aromatic N) is 2. The number of hydrogen-bond acceptors (Lipinski definition) is 2. The van der Waals surface area contributed by atoms with Gasteiger partial charge in [-0.25, -0.2) is 5.01 Å². The number of halogens is 1. The van der Waals surface area contributed by atoms with Crippen molar-refractivity contribution in [1.82, 2.24) is 5.01 Å². The number of allylic oxidation sites excluding steroid dienone is 1. The zero-order valence-electron chi connectivity index (χ0n) is 17.1. The second-order valence-corrected chi connectivity index (χ2v) is 8.99. The van der Waals surface area contributed by atoms with Gasteiger partial charge in [0.05, 0.1) is 11.8 Å². The third-order valence-corrected chi connectivity index (χ3v) is 6.61. The highest BCUT2D eigenvalue weighted by molar-refractivity contribution is 9.10. The average Bonchev–Trinajstić information content (AvgIpc) is 3.21. The van der Waals surface area contributed by atoms with Crippen LogP contribution in [0.4, 0.5) is 0 Å². The summed E-state index contributed by atoms with van der Waals surface area (Å²) in [5.41, 5.74) is 5.28. The Hall–Kier alpha value is -2.98. The predicted octanol–water partition coefficient (Wildman–Crippen LogP) is 6.89. The summed E-state index contributed by atoms with van der Waals surface area (Å²) in [5.74, 6) is 0.160. The molecule has 0 spiro atoms. The Balaban J connectivity index is 1.57. The molecule has 3 aromatic carbocycles. The Kier molecular flexibility index (Phi) is 5.56. The summed E-state index contributed by atoms with van der Waals surface area (Å²) in [6.07, 6.45) is 5.37.